The Morgan fingerprint density at radius 2 is 2.29 bits per heavy atom. The van der Waals surface area contributed by atoms with Gasteiger partial charge >= 0.3 is 0 Å². The average molecular weight is 282 g/mol. The second-order valence-corrected chi connectivity index (χ2v) is 4.94. The van der Waals surface area contributed by atoms with E-state index in [1.54, 1.807) is 0 Å². The van der Waals surface area contributed by atoms with Gasteiger partial charge in [0.1, 0.15) is 4.88 Å². The van der Waals surface area contributed by atoms with Gasteiger partial charge in [0.15, 0.2) is 5.78 Å². The van der Waals surface area contributed by atoms with E-state index in [2.05, 4.69) is 20.3 Å². The number of hydrogen-bond acceptors (Lipinski definition) is 3. The molecule has 1 aliphatic rings. The molecule has 0 bridgehead atoms. The van der Waals surface area contributed by atoms with Gasteiger partial charge in [-0.05, 0) is 40.3 Å². The van der Waals surface area contributed by atoms with E-state index in [4.69, 9.17) is 0 Å². The smallest absolute Gasteiger partial charge is 0.251 e. The summed E-state index contributed by atoms with van der Waals surface area (Å²) >= 11 is 4.08. The molecule has 0 saturated heterocycles. The molecule has 0 N–H and O–H groups in total. The molecule has 1 aliphatic carbocycles. The van der Waals surface area contributed by atoms with Crippen molar-refractivity contribution < 1.29 is 13.6 Å². The molecule has 1 heterocycles. The van der Waals surface area contributed by atoms with E-state index in [0.29, 0.717) is 9.35 Å². The van der Waals surface area contributed by atoms with Crippen LogP contribution in [0.1, 0.15) is 22.5 Å². The van der Waals surface area contributed by atoms with Gasteiger partial charge in [-0.15, -0.1) is 0 Å². The van der Waals surface area contributed by atoms with Crippen LogP contribution in [0.25, 0.3) is 0 Å². The van der Waals surface area contributed by atoms with Crippen LogP contribution < -0.4 is 0 Å². The molecular weight excluding hydrogens is 276 g/mol. The number of hydrogen-bond donors (Lipinski definition) is 0. The Balaban J connectivity index is 2.30. The van der Waals surface area contributed by atoms with Gasteiger partial charge in [-0.25, -0.2) is 8.78 Å². The van der Waals surface area contributed by atoms with E-state index in [9.17, 15) is 13.6 Å². The third-order valence-corrected chi connectivity index (χ3v) is 4.05. The summed E-state index contributed by atoms with van der Waals surface area (Å²) < 4.78 is 29.5. The Morgan fingerprint density at radius 1 is 1.64 bits per heavy atom. The molecule has 0 aromatic carbocycles. The minimum Gasteiger partial charge on any atom is -0.292 e. The molecule has 0 atom stereocenters. The largest absolute Gasteiger partial charge is 0.292 e. The molecule has 14 heavy (non-hydrogen) atoms. The molecule has 6 heteroatoms. The summed E-state index contributed by atoms with van der Waals surface area (Å²) in [5, 5.41) is 0. The van der Waals surface area contributed by atoms with E-state index >= 15 is 0 Å². The number of ketones is 1. The van der Waals surface area contributed by atoms with Crippen LogP contribution in [-0.2, 0) is 0 Å². The molecule has 0 aliphatic heterocycles. The van der Waals surface area contributed by atoms with Gasteiger partial charge in [0, 0.05) is 0 Å². The number of aromatic nitrogens is 1. The highest BCUT2D eigenvalue weighted by molar-refractivity contribution is 9.10. The van der Waals surface area contributed by atoms with Crippen molar-refractivity contribution in [3.8, 4) is 0 Å². The Morgan fingerprint density at radius 3 is 2.64 bits per heavy atom. The van der Waals surface area contributed by atoms with Crippen molar-refractivity contribution in [3.63, 3.8) is 0 Å². The zero-order valence-corrected chi connectivity index (χ0v) is 9.37. The lowest BCUT2D eigenvalue weighted by molar-refractivity contribution is 0.0475. The second kappa shape index (κ2) is 3.34. The van der Waals surface area contributed by atoms with Crippen LogP contribution in [0.15, 0.2) is 10.7 Å². The number of rotatable bonds is 3. The Kier molecular flexibility index (Phi) is 2.43. The SMILES string of the molecule is O=C(c1sncc1Br)C1(C(F)F)CC1. The van der Waals surface area contributed by atoms with Gasteiger partial charge in [0.2, 0.25) is 0 Å². The zero-order chi connectivity index (χ0) is 10.3. The molecule has 1 saturated carbocycles. The maximum atomic E-state index is 12.6. The molecule has 76 valence electrons. The lowest BCUT2D eigenvalue weighted by atomic mass is 10.0. The van der Waals surface area contributed by atoms with Crippen molar-refractivity contribution in [1.29, 1.82) is 0 Å². The lowest BCUT2D eigenvalue weighted by Crippen LogP contribution is -2.23. The highest BCUT2D eigenvalue weighted by atomic mass is 79.9. The van der Waals surface area contributed by atoms with Crippen LogP contribution in [0.5, 0.6) is 0 Å². The highest BCUT2D eigenvalue weighted by Crippen LogP contribution is 2.53. The maximum absolute atomic E-state index is 12.6. The molecule has 0 unspecified atom stereocenters. The fourth-order valence-electron chi connectivity index (χ4n) is 1.28. The molecule has 1 aromatic rings. The van der Waals surface area contributed by atoms with Crippen LogP contribution in [-0.4, -0.2) is 16.6 Å². The summed E-state index contributed by atoms with van der Waals surface area (Å²) in [6.45, 7) is 0. The minimum absolute atomic E-state index is 0.286. The first-order valence-corrected chi connectivity index (χ1v) is 5.58. The van der Waals surface area contributed by atoms with Crippen molar-refractivity contribution in [2.75, 3.05) is 0 Å². The van der Waals surface area contributed by atoms with E-state index in [-0.39, 0.29) is 12.8 Å². The van der Waals surface area contributed by atoms with Crippen LogP contribution in [0.2, 0.25) is 0 Å². The van der Waals surface area contributed by atoms with Gasteiger partial charge in [-0.2, -0.15) is 4.37 Å². The third-order valence-electron chi connectivity index (χ3n) is 2.39. The van der Waals surface area contributed by atoms with E-state index in [0.717, 1.165) is 11.5 Å². The van der Waals surface area contributed by atoms with Crippen LogP contribution in [0.3, 0.4) is 0 Å². The normalized spacial score (nSPS) is 18.6. The molecule has 0 amide bonds. The summed E-state index contributed by atoms with van der Waals surface area (Å²) in [4.78, 5) is 12.0. The number of nitrogens with zero attached hydrogens (tertiary/aromatic N) is 1. The van der Waals surface area contributed by atoms with Gasteiger partial charge in [-0.1, -0.05) is 0 Å². The van der Waals surface area contributed by atoms with Crippen molar-refractivity contribution in [1.82, 2.24) is 4.37 Å². The molecule has 1 fully saturated rings. The minimum atomic E-state index is -2.57. The standard InChI is InChI=1S/C8H6BrF2NOS/c9-4-3-12-14-5(4)6(13)8(1-2-8)7(10)11/h3,7H,1-2H2. The van der Waals surface area contributed by atoms with E-state index in [1.807, 2.05) is 0 Å². The van der Waals surface area contributed by atoms with Crippen LogP contribution >= 0.6 is 27.5 Å². The lowest BCUT2D eigenvalue weighted by Gasteiger charge is -2.10. The number of alkyl halides is 2. The molecule has 0 spiro atoms. The predicted molar refractivity (Wildman–Crippen MR) is 51.8 cm³/mol. The summed E-state index contributed by atoms with van der Waals surface area (Å²) in [6, 6.07) is 0. The molecular formula is C8H6BrF2NOS. The quantitative estimate of drug-likeness (QED) is 0.797. The first-order valence-electron chi connectivity index (χ1n) is 4.01. The third kappa shape index (κ3) is 1.40. The topological polar surface area (TPSA) is 30.0 Å². The summed E-state index contributed by atoms with van der Waals surface area (Å²) in [6.07, 6.45) is -0.537. The number of halogens is 3. The fraction of sp³-hybridized carbons (Fsp3) is 0.500. The van der Waals surface area contributed by atoms with Crippen molar-refractivity contribution in [2.45, 2.75) is 19.3 Å². The zero-order valence-electron chi connectivity index (χ0n) is 6.97. The molecule has 1 aromatic heterocycles. The van der Waals surface area contributed by atoms with E-state index < -0.39 is 17.6 Å². The van der Waals surface area contributed by atoms with Gasteiger partial charge in [0.05, 0.1) is 16.1 Å². The first kappa shape index (κ1) is 10.2. The van der Waals surface area contributed by atoms with Crippen LogP contribution in [0.4, 0.5) is 8.78 Å². The van der Waals surface area contributed by atoms with Gasteiger partial charge in [-0.3, -0.25) is 4.79 Å². The molecule has 2 nitrogen and oxygen atoms in total. The summed E-state index contributed by atoms with van der Waals surface area (Å²) in [5.74, 6) is -0.470. The molecule has 2 rings (SSSR count). The van der Waals surface area contributed by atoms with Crippen molar-refractivity contribution in [2.24, 2.45) is 5.41 Å². The first-order chi connectivity index (χ1) is 6.58. The van der Waals surface area contributed by atoms with Crippen molar-refractivity contribution >= 4 is 33.2 Å². The monoisotopic (exact) mass is 281 g/mol. The summed E-state index contributed by atoms with van der Waals surface area (Å²) in [5.41, 5.74) is -1.41. The second-order valence-electron chi connectivity index (χ2n) is 3.29. The Hall–Kier alpha value is -0.360. The fourth-order valence-corrected chi connectivity index (χ4v) is 2.61. The average Bonchev–Trinajstić information content (AvgIpc) is 2.84. The van der Waals surface area contributed by atoms with Gasteiger partial charge < -0.3 is 0 Å². The predicted octanol–water partition coefficient (Wildman–Crippen LogP) is 3.13. The highest BCUT2D eigenvalue weighted by Gasteiger charge is 2.58. The number of Topliss-reactive ketones (excluding diaryl/α,β-unsaturated/α-hetero) is 1. The molecule has 0 radical (unpaired) electrons. The number of carbonyl (C=O) groups excluding carboxylic acids is 1. The van der Waals surface area contributed by atoms with Crippen LogP contribution in [0, 0.1) is 5.41 Å². The van der Waals surface area contributed by atoms with Crippen molar-refractivity contribution in [3.05, 3.63) is 15.5 Å². The summed E-state index contributed by atoms with van der Waals surface area (Å²) in [7, 11) is 0. The Bertz CT molecular complexity index is 375. The number of carbonyl (C=O) groups is 1. The Labute approximate surface area is 91.6 Å². The van der Waals surface area contributed by atoms with E-state index in [1.165, 1.54) is 6.20 Å². The maximum Gasteiger partial charge on any atom is 0.251 e. The van der Waals surface area contributed by atoms with Gasteiger partial charge in [0.25, 0.3) is 6.43 Å².